The van der Waals surface area contributed by atoms with Gasteiger partial charge in [0.25, 0.3) is 5.91 Å². The van der Waals surface area contributed by atoms with Crippen LogP contribution in [0.5, 0.6) is 0 Å². The Morgan fingerprint density at radius 1 is 1.33 bits per heavy atom. The van der Waals surface area contributed by atoms with Crippen molar-refractivity contribution < 1.29 is 10.0 Å². The standard InChI is InChI=1S/C16H25N3O2/c1-5-13(10-14(17)19-21)18-15(20)11-6-8-12(9-7-11)16(2,3)4/h6-9,13,21H,5,10H2,1-4H3,(H2,17,19)(H,18,20). The number of carbonyl (C=O) groups is 1. The van der Waals surface area contributed by atoms with E-state index < -0.39 is 0 Å². The predicted molar refractivity (Wildman–Crippen MR) is 84.7 cm³/mol. The summed E-state index contributed by atoms with van der Waals surface area (Å²) in [7, 11) is 0. The van der Waals surface area contributed by atoms with Crippen LogP contribution in [0.2, 0.25) is 0 Å². The van der Waals surface area contributed by atoms with Crippen LogP contribution in [0.25, 0.3) is 0 Å². The second-order valence-electron chi connectivity index (χ2n) is 6.20. The second-order valence-corrected chi connectivity index (χ2v) is 6.20. The first-order valence-corrected chi connectivity index (χ1v) is 7.15. The smallest absolute Gasteiger partial charge is 0.251 e. The molecule has 0 aliphatic heterocycles. The maximum atomic E-state index is 12.2. The first-order chi connectivity index (χ1) is 9.77. The van der Waals surface area contributed by atoms with Crippen LogP contribution >= 0.6 is 0 Å². The molecule has 0 spiro atoms. The van der Waals surface area contributed by atoms with Crippen molar-refractivity contribution in [1.29, 1.82) is 0 Å². The quantitative estimate of drug-likeness (QED) is 0.337. The van der Waals surface area contributed by atoms with Crippen molar-refractivity contribution in [3.63, 3.8) is 0 Å². The topological polar surface area (TPSA) is 87.7 Å². The molecular weight excluding hydrogens is 266 g/mol. The molecule has 0 radical (unpaired) electrons. The van der Waals surface area contributed by atoms with E-state index in [0.29, 0.717) is 18.4 Å². The van der Waals surface area contributed by atoms with Crippen LogP contribution in [0.1, 0.15) is 56.5 Å². The molecule has 5 nitrogen and oxygen atoms in total. The Kier molecular flexibility index (Phi) is 5.76. The summed E-state index contributed by atoms with van der Waals surface area (Å²) in [5.74, 6) is -0.0294. The van der Waals surface area contributed by atoms with Gasteiger partial charge in [-0.3, -0.25) is 4.79 Å². The van der Waals surface area contributed by atoms with Gasteiger partial charge < -0.3 is 16.3 Å². The van der Waals surface area contributed by atoms with Gasteiger partial charge in [-0.2, -0.15) is 0 Å². The molecule has 0 bridgehead atoms. The van der Waals surface area contributed by atoms with Gasteiger partial charge in [-0.15, -0.1) is 0 Å². The summed E-state index contributed by atoms with van der Waals surface area (Å²) < 4.78 is 0. The molecule has 0 saturated heterocycles. The van der Waals surface area contributed by atoms with Crippen LogP contribution in [-0.4, -0.2) is 23.0 Å². The van der Waals surface area contributed by atoms with E-state index in [1.165, 1.54) is 5.56 Å². The zero-order valence-electron chi connectivity index (χ0n) is 13.2. The molecule has 1 rings (SSSR count). The summed E-state index contributed by atoms with van der Waals surface area (Å²) in [6, 6.07) is 7.45. The SMILES string of the molecule is CCC(CC(N)=NO)NC(=O)c1ccc(C(C)(C)C)cc1. The zero-order chi connectivity index (χ0) is 16.0. The molecule has 0 saturated carbocycles. The molecule has 1 atom stereocenters. The molecule has 0 fully saturated rings. The Balaban J connectivity index is 2.75. The molecule has 0 aliphatic carbocycles. The molecular formula is C16H25N3O2. The number of oxime groups is 1. The normalized spacial score (nSPS) is 13.8. The van der Waals surface area contributed by atoms with Crippen LogP contribution in [0.4, 0.5) is 0 Å². The highest BCUT2D eigenvalue weighted by Crippen LogP contribution is 2.22. The molecule has 1 amide bonds. The van der Waals surface area contributed by atoms with E-state index in [-0.39, 0.29) is 23.2 Å². The van der Waals surface area contributed by atoms with Crippen molar-refractivity contribution in [3.05, 3.63) is 35.4 Å². The lowest BCUT2D eigenvalue weighted by molar-refractivity contribution is 0.0937. The minimum Gasteiger partial charge on any atom is -0.409 e. The molecule has 116 valence electrons. The number of nitrogens with zero attached hydrogens (tertiary/aromatic N) is 1. The van der Waals surface area contributed by atoms with Gasteiger partial charge in [-0.25, -0.2) is 0 Å². The van der Waals surface area contributed by atoms with Crippen LogP contribution in [0, 0.1) is 0 Å². The Morgan fingerprint density at radius 2 is 1.90 bits per heavy atom. The van der Waals surface area contributed by atoms with Crippen molar-refractivity contribution >= 4 is 11.7 Å². The number of nitrogens with two attached hydrogens (primary N) is 1. The lowest BCUT2D eigenvalue weighted by atomic mass is 9.86. The molecule has 0 heterocycles. The van der Waals surface area contributed by atoms with Crippen LogP contribution in [0.3, 0.4) is 0 Å². The molecule has 0 aromatic heterocycles. The van der Waals surface area contributed by atoms with Crippen molar-refractivity contribution in [2.24, 2.45) is 10.9 Å². The third kappa shape index (κ3) is 5.10. The lowest BCUT2D eigenvalue weighted by Crippen LogP contribution is -2.37. The molecule has 21 heavy (non-hydrogen) atoms. The number of rotatable bonds is 5. The van der Waals surface area contributed by atoms with E-state index in [0.717, 1.165) is 0 Å². The van der Waals surface area contributed by atoms with Gasteiger partial charge in [-0.1, -0.05) is 45.0 Å². The lowest BCUT2D eigenvalue weighted by Gasteiger charge is -2.20. The van der Waals surface area contributed by atoms with E-state index in [9.17, 15) is 4.79 Å². The molecule has 0 aliphatic rings. The van der Waals surface area contributed by atoms with Crippen molar-refractivity contribution in [1.82, 2.24) is 5.32 Å². The molecule has 1 aromatic carbocycles. The number of nitrogens with one attached hydrogen (secondary N) is 1. The molecule has 1 aromatic rings. The van der Waals surface area contributed by atoms with Crippen LogP contribution < -0.4 is 11.1 Å². The van der Waals surface area contributed by atoms with Crippen LogP contribution in [-0.2, 0) is 5.41 Å². The number of benzene rings is 1. The number of amidine groups is 1. The van der Waals surface area contributed by atoms with Gasteiger partial charge in [0, 0.05) is 18.0 Å². The summed E-state index contributed by atoms with van der Waals surface area (Å²) in [4.78, 5) is 12.2. The summed E-state index contributed by atoms with van der Waals surface area (Å²) in [5.41, 5.74) is 7.34. The highest BCUT2D eigenvalue weighted by atomic mass is 16.4. The number of hydrogen-bond acceptors (Lipinski definition) is 3. The minimum absolute atomic E-state index is 0.0625. The van der Waals surface area contributed by atoms with E-state index in [1.54, 1.807) is 0 Å². The van der Waals surface area contributed by atoms with Crippen LogP contribution in [0.15, 0.2) is 29.4 Å². The highest BCUT2D eigenvalue weighted by Gasteiger charge is 2.16. The third-order valence-electron chi connectivity index (χ3n) is 3.43. The van der Waals surface area contributed by atoms with E-state index >= 15 is 0 Å². The van der Waals surface area contributed by atoms with E-state index in [1.807, 2.05) is 31.2 Å². The highest BCUT2D eigenvalue weighted by molar-refractivity contribution is 5.94. The number of hydrogen-bond donors (Lipinski definition) is 3. The number of amides is 1. The fraction of sp³-hybridized carbons (Fsp3) is 0.500. The average molecular weight is 291 g/mol. The summed E-state index contributed by atoms with van der Waals surface area (Å²) in [5, 5.41) is 14.4. The zero-order valence-corrected chi connectivity index (χ0v) is 13.2. The Hall–Kier alpha value is -2.04. The van der Waals surface area contributed by atoms with Gasteiger partial charge in [0.2, 0.25) is 0 Å². The Morgan fingerprint density at radius 3 is 2.33 bits per heavy atom. The maximum absolute atomic E-state index is 12.2. The van der Waals surface area contributed by atoms with E-state index in [2.05, 4.69) is 31.2 Å². The van der Waals surface area contributed by atoms with Gasteiger partial charge >= 0.3 is 0 Å². The van der Waals surface area contributed by atoms with Gasteiger partial charge in [-0.05, 0) is 29.5 Å². The number of carbonyl (C=O) groups excluding carboxylic acids is 1. The largest absolute Gasteiger partial charge is 0.409 e. The fourth-order valence-corrected chi connectivity index (χ4v) is 1.98. The van der Waals surface area contributed by atoms with Gasteiger partial charge in [0.1, 0.15) is 5.84 Å². The average Bonchev–Trinajstić information content (AvgIpc) is 2.45. The van der Waals surface area contributed by atoms with Crippen molar-refractivity contribution in [3.8, 4) is 0 Å². The summed E-state index contributed by atoms with van der Waals surface area (Å²) in [6.07, 6.45) is 1.04. The Bertz CT molecular complexity index is 501. The van der Waals surface area contributed by atoms with E-state index in [4.69, 9.17) is 10.9 Å². The third-order valence-corrected chi connectivity index (χ3v) is 3.43. The first kappa shape index (κ1) is 17.0. The first-order valence-electron chi connectivity index (χ1n) is 7.15. The second kappa shape index (κ2) is 7.11. The summed E-state index contributed by atoms with van der Waals surface area (Å²) in [6.45, 7) is 8.34. The Labute approximate surface area is 126 Å². The fourth-order valence-electron chi connectivity index (χ4n) is 1.98. The van der Waals surface area contributed by atoms with Crippen molar-refractivity contribution in [2.45, 2.75) is 52.0 Å². The molecule has 1 unspecified atom stereocenters. The predicted octanol–water partition coefficient (Wildman–Crippen LogP) is 2.63. The van der Waals surface area contributed by atoms with Gasteiger partial charge in [0.05, 0.1) is 0 Å². The molecule has 4 N–H and O–H groups in total. The molecule has 5 heteroatoms. The monoisotopic (exact) mass is 291 g/mol. The van der Waals surface area contributed by atoms with Crippen molar-refractivity contribution in [2.75, 3.05) is 0 Å². The minimum atomic E-state index is -0.145. The summed E-state index contributed by atoms with van der Waals surface area (Å²) >= 11 is 0. The maximum Gasteiger partial charge on any atom is 0.251 e. The van der Waals surface area contributed by atoms with Gasteiger partial charge in [0.15, 0.2) is 0 Å².